The number of hydrogen-bond donors (Lipinski definition) is 1. The van der Waals surface area contributed by atoms with Crippen molar-refractivity contribution in [3.05, 3.63) is 29.3 Å². The Labute approximate surface area is 101 Å². The van der Waals surface area contributed by atoms with Crippen LogP contribution in [0.3, 0.4) is 0 Å². The van der Waals surface area contributed by atoms with Crippen LogP contribution in [0.4, 0.5) is 5.69 Å². The van der Waals surface area contributed by atoms with Crippen molar-refractivity contribution in [3.8, 4) is 0 Å². The molecule has 2 N–H and O–H groups in total. The normalized spacial score (nSPS) is 19.3. The van der Waals surface area contributed by atoms with E-state index < -0.39 is 0 Å². The van der Waals surface area contributed by atoms with Crippen molar-refractivity contribution in [2.24, 2.45) is 0 Å². The molecular weight excluding hydrogens is 216 g/mol. The molecule has 2 rings (SSSR count). The molecule has 0 aromatic heterocycles. The van der Waals surface area contributed by atoms with E-state index in [1.165, 1.54) is 0 Å². The number of amides is 1. The van der Waals surface area contributed by atoms with Gasteiger partial charge >= 0.3 is 0 Å². The first kappa shape index (κ1) is 11.9. The summed E-state index contributed by atoms with van der Waals surface area (Å²) in [4.78, 5) is 14.1. The van der Waals surface area contributed by atoms with Gasteiger partial charge in [0.2, 0.25) is 0 Å². The third-order valence-corrected chi connectivity index (χ3v) is 3.29. The number of anilines is 1. The zero-order chi connectivity index (χ0) is 12.4. The number of carbonyl (C=O) groups excluding carboxylic acids is 1. The summed E-state index contributed by atoms with van der Waals surface area (Å²) in [5.41, 5.74) is 7.95. The molecule has 0 bridgehead atoms. The van der Waals surface area contributed by atoms with Crippen LogP contribution in [0.15, 0.2) is 18.2 Å². The highest BCUT2D eigenvalue weighted by Crippen LogP contribution is 2.21. The van der Waals surface area contributed by atoms with Crippen molar-refractivity contribution in [1.82, 2.24) is 4.90 Å². The molecule has 0 aliphatic carbocycles. The first-order valence-electron chi connectivity index (χ1n) is 5.81. The van der Waals surface area contributed by atoms with Crippen LogP contribution in [-0.2, 0) is 4.74 Å². The number of nitrogens with two attached hydrogens (primary N) is 1. The first-order chi connectivity index (χ1) is 8.11. The van der Waals surface area contributed by atoms with Crippen molar-refractivity contribution in [2.75, 3.05) is 26.0 Å². The Morgan fingerprint density at radius 1 is 1.53 bits per heavy atom. The van der Waals surface area contributed by atoms with Gasteiger partial charge in [-0.2, -0.15) is 0 Å². The standard InChI is InChI=1S/C13H18N2O2/c1-9-4-3-5-11(14)12(9)13(16)15(2)10-6-7-17-8-10/h3-5,10H,6-8,14H2,1-2H3. The summed E-state index contributed by atoms with van der Waals surface area (Å²) in [6.45, 7) is 3.25. The minimum absolute atomic E-state index is 0.0175. The number of likely N-dealkylation sites (N-methyl/N-ethyl adjacent to an activating group) is 1. The van der Waals surface area contributed by atoms with E-state index in [4.69, 9.17) is 10.5 Å². The molecule has 1 unspecified atom stereocenters. The van der Waals surface area contributed by atoms with Crippen molar-refractivity contribution in [3.63, 3.8) is 0 Å². The van der Waals surface area contributed by atoms with Gasteiger partial charge in [0, 0.05) is 19.3 Å². The van der Waals surface area contributed by atoms with E-state index in [2.05, 4.69) is 0 Å². The summed E-state index contributed by atoms with van der Waals surface area (Å²) in [5.74, 6) is -0.0175. The van der Waals surface area contributed by atoms with Crippen LogP contribution >= 0.6 is 0 Å². The van der Waals surface area contributed by atoms with Gasteiger partial charge in [-0.1, -0.05) is 12.1 Å². The van der Waals surface area contributed by atoms with Gasteiger partial charge in [0.15, 0.2) is 0 Å². The van der Waals surface area contributed by atoms with Gasteiger partial charge in [-0.15, -0.1) is 0 Å². The number of benzene rings is 1. The van der Waals surface area contributed by atoms with Gasteiger partial charge in [-0.3, -0.25) is 4.79 Å². The van der Waals surface area contributed by atoms with Crippen molar-refractivity contribution >= 4 is 11.6 Å². The van der Waals surface area contributed by atoms with Gasteiger partial charge in [-0.05, 0) is 25.0 Å². The molecule has 92 valence electrons. The molecule has 0 saturated carbocycles. The minimum Gasteiger partial charge on any atom is -0.398 e. The Morgan fingerprint density at radius 3 is 2.88 bits per heavy atom. The van der Waals surface area contributed by atoms with Crippen LogP contribution in [0.25, 0.3) is 0 Å². The molecule has 4 heteroatoms. The van der Waals surface area contributed by atoms with Gasteiger partial charge in [0.05, 0.1) is 18.2 Å². The molecule has 1 atom stereocenters. The van der Waals surface area contributed by atoms with Crippen LogP contribution in [-0.4, -0.2) is 37.1 Å². The predicted octanol–water partition coefficient (Wildman–Crippen LogP) is 1.44. The number of carbonyl (C=O) groups is 1. The second kappa shape index (κ2) is 4.75. The van der Waals surface area contributed by atoms with Crippen LogP contribution in [0.5, 0.6) is 0 Å². The largest absolute Gasteiger partial charge is 0.398 e. The maximum Gasteiger partial charge on any atom is 0.256 e. The average molecular weight is 234 g/mol. The van der Waals surface area contributed by atoms with E-state index in [1.807, 2.05) is 26.1 Å². The average Bonchev–Trinajstić information content (AvgIpc) is 2.81. The molecule has 1 aliphatic heterocycles. The number of aryl methyl sites for hydroxylation is 1. The Balaban J connectivity index is 2.24. The van der Waals surface area contributed by atoms with Crippen molar-refractivity contribution in [1.29, 1.82) is 0 Å². The van der Waals surface area contributed by atoms with Crippen LogP contribution in [0.2, 0.25) is 0 Å². The van der Waals surface area contributed by atoms with Crippen LogP contribution in [0.1, 0.15) is 22.3 Å². The molecule has 1 fully saturated rings. The molecule has 1 heterocycles. The second-order valence-electron chi connectivity index (χ2n) is 4.47. The number of ether oxygens (including phenoxy) is 1. The fourth-order valence-electron chi connectivity index (χ4n) is 2.15. The lowest BCUT2D eigenvalue weighted by Crippen LogP contribution is -2.38. The fraction of sp³-hybridized carbons (Fsp3) is 0.462. The summed E-state index contributed by atoms with van der Waals surface area (Å²) in [5, 5.41) is 0. The Kier molecular flexibility index (Phi) is 3.33. The highest BCUT2D eigenvalue weighted by molar-refractivity contribution is 6.00. The van der Waals surface area contributed by atoms with Crippen LogP contribution < -0.4 is 5.73 Å². The highest BCUT2D eigenvalue weighted by atomic mass is 16.5. The zero-order valence-corrected chi connectivity index (χ0v) is 10.3. The van der Waals surface area contributed by atoms with E-state index in [1.54, 1.807) is 11.0 Å². The first-order valence-corrected chi connectivity index (χ1v) is 5.81. The molecule has 1 aliphatic rings. The second-order valence-corrected chi connectivity index (χ2v) is 4.47. The smallest absolute Gasteiger partial charge is 0.256 e. The molecule has 1 amide bonds. The Morgan fingerprint density at radius 2 is 2.29 bits per heavy atom. The van der Waals surface area contributed by atoms with E-state index in [0.29, 0.717) is 17.9 Å². The summed E-state index contributed by atoms with van der Waals surface area (Å²) >= 11 is 0. The van der Waals surface area contributed by atoms with Crippen LogP contribution in [0, 0.1) is 6.92 Å². The minimum atomic E-state index is -0.0175. The van der Waals surface area contributed by atoms with E-state index in [9.17, 15) is 4.79 Å². The molecule has 17 heavy (non-hydrogen) atoms. The van der Waals surface area contributed by atoms with Gasteiger partial charge in [-0.25, -0.2) is 0 Å². The lowest BCUT2D eigenvalue weighted by atomic mass is 10.0. The number of nitrogens with zero attached hydrogens (tertiary/aromatic N) is 1. The molecule has 1 aromatic carbocycles. The van der Waals surface area contributed by atoms with Crippen molar-refractivity contribution < 1.29 is 9.53 Å². The van der Waals surface area contributed by atoms with E-state index in [0.717, 1.165) is 18.6 Å². The maximum absolute atomic E-state index is 12.4. The van der Waals surface area contributed by atoms with E-state index >= 15 is 0 Å². The highest BCUT2D eigenvalue weighted by Gasteiger charge is 2.26. The topological polar surface area (TPSA) is 55.6 Å². The Hall–Kier alpha value is -1.55. The molecule has 4 nitrogen and oxygen atoms in total. The Bertz CT molecular complexity index is 405. The molecule has 1 saturated heterocycles. The molecular formula is C13H18N2O2. The summed E-state index contributed by atoms with van der Waals surface area (Å²) in [7, 11) is 1.81. The summed E-state index contributed by atoms with van der Waals surface area (Å²) in [6, 6.07) is 5.70. The van der Waals surface area contributed by atoms with Gasteiger partial charge < -0.3 is 15.4 Å². The summed E-state index contributed by atoms with van der Waals surface area (Å²) in [6.07, 6.45) is 0.897. The monoisotopic (exact) mass is 234 g/mol. The molecule has 0 radical (unpaired) electrons. The lowest BCUT2D eigenvalue weighted by molar-refractivity contribution is 0.0711. The zero-order valence-electron chi connectivity index (χ0n) is 10.3. The lowest BCUT2D eigenvalue weighted by Gasteiger charge is -2.24. The number of nitrogen functional groups attached to an aromatic ring is 1. The predicted molar refractivity (Wildman–Crippen MR) is 66.9 cm³/mol. The quantitative estimate of drug-likeness (QED) is 0.788. The number of rotatable bonds is 2. The van der Waals surface area contributed by atoms with Gasteiger partial charge in [0.25, 0.3) is 5.91 Å². The fourth-order valence-corrected chi connectivity index (χ4v) is 2.15. The maximum atomic E-state index is 12.4. The van der Waals surface area contributed by atoms with E-state index in [-0.39, 0.29) is 11.9 Å². The number of hydrogen-bond acceptors (Lipinski definition) is 3. The SMILES string of the molecule is Cc1cccc(N)c1C(=O)N(C)C1CCOC1. The molecule has 1 aromatic rings. The van der Waals surface area contributed by atoms with Gasteiger partial charge in [0.1, 0.15) is 0 Å². The molecule has 0 spiro atoms. The summed E-state index contributed by atoms with van der Waals surface area (Å²) < 4.78 is 5.30. The third kappa shape index (κ3) is 2.26. The van der Waals surface area contributed by atoms with Crippen molar-refractivity contribution in [2.45, 2.75) is 19.4 Å². The third-order valence-electron chi connectivity index (χ3n) is 3.29.